The average Bonchev–Trinajstić information content (AvgIpc) is 3.19. The van der Waals surface area contributed by atoms with Gasteiger partial charge in [0.15, 0.2) is 0 Å². The van der Waals surface area contributed by atoms with E-state index >= 15 is 0 Å². The molecule has 1 aliphatic heterocycles. The summed E-state index contributed by atoms with van der Waals surface area (Å²) in [5.41, 5.74) is 7.35. The summed E-state index contributed by atoms with van der Waals surface area (Å²) in [5, 5.41) is 0. The van der Waals surface area contributed by atoms with Crippen LogP contribution in [0.5, 0.6) is 5.75 Å². The Morgan fingerprint density at radius 2 is 1.40 bits per heavy atom. The third-order valence-corrected chi connectivity index (χ3v) is 12.3. The maximum absolute atomic E-state index is 7.35. The zero-order valence-electron chi connectivity index (χ0n) is 24.2. The molecule has 0 saturated heterocycles. The van der Waals surface area contributed by atoms with Crippen molar-refractivity contribution in [3.63, 3.8) is 0 Å². The summed E-state index contributed by atoms with van der Waals surface area (Å²) in [6, 6.07) is 26.9. The predicted molar refractivity (Wildman–Crippen MR) is 164 cm³/mol. The lowest BCUT2D eigenvalue weighted by Crippen LogP contribution is -2.39. The maximum atomic E-state index is 7.35. The Kier molecular flexibility index (Phi) is 7.74. The van der Waals surface area contributed by atoms with Crippen molar-refractivity contribution in [3.05, 3.63) is 101 Å². The van der Waals surface area contributed by atoms with E-state index in [1.54, 1.807) is 16.7 Å². The molecule has 0 radical (unpaired) electrons. The lowest BCUT2D eigenvalue weighted by molar-refractivity contribution is 0.0359. The molecule has 210 valence electrons. The Hall–Kier alpha value is -2.19. The van der Waals surface area contributed by atoms with Crippen molar-refractivity contribution < 1.29 is 9.05 Å². The topological polar surface area (TPSA) is 21.7 Å². The summed E-state index contributed by atoms with van der Waals surface area (Å²) >= 11 is 0. The quantitative estimate of drug-likeness (QED) is 0.293. The first kappa shape index (κ1) is 26.7. The van der Waals surface area contributed by atoms with Crippen LogP contribution in [0.3, 0.4) is 0 Å². The minimum atomic E-state index is -1.32. The second-order valence-electron chi connectivity index (χ2n) is 12.7. The van der Waals surface area contributed by atoms with E-state index < -0.39 is 8.53 Å². The van der Waals surface area contributed by atoms with Gasteiger partial charge in [-0.1, -0.05) is 86.0 Å². The van der Waals surface area contributed by atoms with E-state index in [4.69, 9.17) is 9.05 Å². The number of aryl methyl sites for hydroxylation is 1. The van der Waals surface area contributed by atoms with Crippen LogP contribution in [0.2, 0.25) is 0 Å². The minimum Gasteiger partial charge on any atom is -0.435 e. The van der Waals surface area contributed by atoms with E-state index in [9.17, 15) is 0 Å². The second-order valence-corrected chi connectivity index (χ2v) is 14.0. The molecule has 7 atom stereocenters. The van der Waals surface area contributed by atoms with E-state index in [1.807, 2.05) is 0 Å². The van der Waals surface area contributed by atoms with E-state index in [0.717, 1.165) is 24.0 Å². The van der Waals surface area contributed by atoms with Gasteiger partial charge in [-0.2, -0.15) is 0 Å². The summed E-state index contributed by atoms with van der Waals surface area (Å²) < 4.78 is 17.1. The van der Waals surface area contributed by atoms with Gasteiger partial charge >= 0.3 is 8.53 Å². The molecule has 1 heterocycles. The van der Waals surface area contributed by atoms with Crippen LogP contribution in [-0.2, 0) is 17.4 Å². The highest BCUT2D eigenvalue weighted by Crippen LogP contribution is 2.62. The molecule has 0 spiro atoms. The Bertz CT molecular complexity index is 1250. The number of hydrogen-bond donors (Lipinski definition) is 0. The van der Waals surface area contributed by atoms with Crippen molar-refractivity contribution in [2.75, 3.05) is 0 Å². The van der Waals surface area contributed by atoms with Crippen LogP contribution in [0.15, 0.2) is 72.8 Å². The van der Waals surface area contributed by atoms with E-state index in [-0.39, 0.29) is 18.2 Å². The molecule has 0 amide bonds. The third kappa shape index (κ3) is 4.93. The SMILES string of the molecule is C[C@@H](c1ccccc1)N([C@@H](C)c1ccccc1)P1Oc2ccc3c(c2[C@H]2C(CCC4CCCCC42)O1)CCCC3. The van der Waals surface area contributed by atoms with Crippen molar-refractivity contribution in [1.82, 2.24) is 4.67 Å². The van der Waals surface area contributed by atoms with Crippen LogP contribution in [0.1, 0.15) is 111 Å². The molecular weight excluding hydrogens is 509 g/mol. The van der Waals surface area contributed by atoms with Gasteiger partial charge in [-0.3, -0.25) is 0 Å². The fourth-order valence-electron chi connectivity index (χ4n) is 8.41. The van der Waals surface area contributed by atoms with E-state index in [1.165, 1.54) is 68.9 Å². The smallest absolute Gasteiger partial charge is 0.322 e. The van der Waals surface area contributed by atoms with Crippen molar-refractivity contribution in [2.24, 2.45) is 11.8 Å². The fourth-order valence-corrected chi connectivity index (χ4v) is 10.3. The number of benzene rings is 3. The summed E-state index contributed by atoms with van der Waals surface area (Å²) in [5.74, 6) is 3.16. The summed E-state index contributed by atoms with van der Waals surface area (Å²) in [6.07, 6.45) is 13.2. The van der Waals surface area contributed by atoms with Crippen LogP contribution >= 0.6 is 8.53 Å². The first-order valence-corrected chi connectivity index (χ1v) is 17.0. The molecule has 4 heteroatoms. The molecule has 7 rings (SSSR count). The molecule has 0 bridgehead atoms. The van der Waals surface area contributed by atoms with Gasteiger partial charge in [-0.05, 0) is 98.9 Å². The summed E-state index contributed by atoms with van der Waals surface area (Å²) in [6.45, 7) is 4.66. The number of nitrogens with zero attached hydrogens (tertiary/aromatic N) is 1. The van der Waals surface area contributed by atoms with Gasteiger partial charge < -0.3 is 9.05 Å². The lowest BCUT2D eigenvalue weighted by Gasteiger charge is -2.46. The molecular formula is C36H44NO2P. The Morgan fingerprint density at radius 3 is 2.12 bits per heavy atom. The molecule has 3 aliphatic carbocycles. The van der Waals surface area contributed by atoms with Gasteiger partial charge in [0.05, 0.1) is 6.10 Å². The highest BCUT2D eigenvalue weighted by Gasteiger charge is 2.49. The monoisotopic (exact) mass is 553 g/mol. The molecule has 0 N–H and O–H groups in total. The van der Waals surface area contributed by atoms with Crippen molar-refractivity contribution in [1.29, 1.82) is 0 Å². The van der Waals surface area contributed by atoms with Gasteiger partial charge in [0, 0.05) is 23.6 Å². The summed E-state index contributed by atoms with van der Waals surface area (Å²) in [4.78, 5) is 0. The standard InChI is InChI=1S/C36H44NO2P/c1-25(27-13-5-3-6-14-27)37(26(2)28-15-7-4-8-16-28)40-38-33-23-21-29-17-9-11-19-31(29)35(33)36-32-20-12-10-18-30(32)22-24-34(36)39-40/h3-8,13-16,21,23,25-26,30,32,34,36H,9-12,17-20,22,24H2,1-2H3/t25-,26-,30?,32?,34?,36+,40?/m0/s1. The molecule has 2 fully saturated rings. The van der Waals surface area contributed by atoms with Crippen LogP contribution in [-0.4, -0.2) is 10.8 Å². The highest BCUT2D eigenvalue weighted by molar-refractivity contribution is 7.45. The Labute approximate surface area is 242 Å². The van der Waals surface area contributed by atoms with E-state index in [2.05, 4.69) is 91.3 Å². The lowest BCUT2D eigenvalue weighted by atomic mass is 9.61. The molecule has 4 aliphatic rings. The number of hydrogen-bond acceptors (Lipinski definition) is 3. The Morgan fingerprint density at radius 1 is 0.725 bits per heavy atom. The molecule has 0 aromatic heterocycles. The van der Waals surface area contributed by atoms with Crippen molar-refractivity contribution in [3.8, 4) is 5.75 Å². The summed E-state index contributed by atoms with van der Waals surface area (Å²) in [7, 11) is -1.32. The first-order chi connectivity index (χ1) is 19.7. The zero-order valence-corrected chi connectivity index (χ0v) is 25.1. The normalized spacial score (nSPS) is 29.1. The number of rotatable bonds is 5. The van der Waals surface area contributed by atoms with E-state index in [0.29, 0.717) is 5.92 Å². The third-order valence-electron chi connectivity index (χ3n) is 10.5. The molecule has 3 aromatic rings. The highest BCUT2D eigenvalue weighted by atomic mass is 31.2. The van der Waals surface area contributed by atoms with Crippen LogP contribution in [0, 0.1) is 11.8 Å². The molecule has 4 unspecified atom stereocenters. The van der Waals surface area contributed by atoms with Gasteiger partial charge in [-0.25, -0.2) is 4.67 Å². The Balaban J connectivity index is 1.34. The van der Waals surface area contributed by atoms with Crippen LogP contribution in [0.25, 0.3) is 0 Å². The molecule has 3 nitrogen and oxygen atoms in total. The molecule has 3 aromatic carbocycles. The maximum Gasteiger partial charge on any atom is 0.322 e. The average molecular weight is 554 g/mol. The number of fused-ring (bicyclic) bond motifs is 7. The van der Waals surface area contributed by atoms with Crippen LogP contribution < -0.4 is 4.52 Å². The second kappa shape index (κ2) is 11.6. The van der Waals surface area contributed by atoms with Crippen LogP contribution in [0.4, 0.5) is 0 Å². The van der Waals surface area contributed by atoms with Gasteiger partial charge in [-0.15, -0.1) is 0 Å². The van der Waals surface area contributed by atoms with Gasteiger partial charge in [0.2, 0.25) is 0 Å². The predicted octanol–water partition coefficient (Wildman–Crippen LogP) is 10.1. The van der Waals surface area contributed by atoms with Crippen molar-refractivity contribution >= 4 is 8.53 Å². The fraction of sp³-hybridized carbons (Fsp3) is 0.500. The zero-order chi connectivity index (χ0) is 27.1. The minimum absolute atomic E-state index is 0.158. The van der Waals surface area contributed by atoms with Gasteiger partial charge in [0.1, 0.15) is 5.75 Å². The first-order valence-electron chi connectivity index (χ1n) is 15.9. The van der Waals surface area contributed by atoms with Gasteiger partial charge in [0.25, 0.3) is 0 Å². The molecule has 40 heavy (non-hydrogen) atoms. The largest absolute Gasteiger partial charge is 0.435 e. The molecule has 2 saturated carbocycles. The van der Waals surface area contributed by atoms with Crippen molar-refractivity contribution in [2.45, 2.75) is 102 Å².